The zero-order chi connectivity index (χ0) is 15.6. The molecule has 2 aromatic heterocycles. The van der Waals surface area contributed by atoms with Crippen molar-refractivity contribution in [3.05, 3.63) is 49.2 Å². The Hall–Kier alpha value is -1.36. The number of sulfonamides is 1. The Morgan fingerprint density at radius 2 is 2.19 bits per heavy atom. The summed E-state index contributed by atoms with van der Waals surface area (Å²) in [6, 6.07) is 4.09. The summed E-state index contributed by atoms with van der Waals surface area (Å²) in [5.74, 6) is -0.390. The Bertz CT molecular complexity index is 758. The van der Waals surface area contributed by atoms with Gasteiger partial charge in [0, 0.05) is 19.7 Å². The van der Waals surface area contributed by atoms with Gasteiger partial charge in [0.15, 0.2) is 6.20 Å². The topological polar surface area (TPSA) is 93.4 Å². The fourth-order valence-corrected chi connectivity index (χ4v) is 3.89. The third kappa shape index (κ3) is 3.64. The molecule has 0 fully saturated rings. The third-order valence-electron chi connectivity index (χ3n) is 2.64. The second-order valence-electron chi connectivity index (χ2n) is 4.13. The van der Waals surface area contributed by atoms with Gasteiger partial charge in [-0.2, -0.15) is 4.31 Å². The van der Waals surface area contributed by atoms with E-state index in [1.165, 1.54) is 28.8 Å². The minimum absolute atomic E-state index is 0.0788. The number of nitro groups is 1. The van der Waals surface area contributed by atoms with Crippen molar-refractivity contribution in [3.63, 3.8) is 0 Å². The van der Waals surface area contributed by atoms with Crippen molar-refractivity contribution in [2.75, 3.05) is 7.05 Å². The molecule has 0 unspecified atom stereocenters. The summed E-state index contributed by atoms with van der Waals surface area (Å²) in [6.07, 6.45) is 0.994. The van der Waals surface area contributed by atoms with Gasteiger partial charge in [0.1, 0.15) is 4.90 Å². The smallest absolute Gasteiger partial charge is 0.358 e. The molecule has 0 aliphatic rings. The van der Waals surface area contributed by atoms with Gasteiger partial charge in [-0.1, -0.05) is 0 Å². The normalized spacial score (nSPS) is 11.8. The van der Waals surface area contributed by atoms with Crippen molar-refractivity contribution in [1.29, 1.82) is 0 Å². The Morgan fingerprint density at radius 1 is 1.48 bits per heavy atom. The SMILES string of the molecule is CN(Cc1csc(Br)c1)S(=O)(=O)c1ccc([N+](=O)[O-])nc1. The van der Waals surface area contributed by atoms with Crippen LogP contribution in [0, 0.1) is 10.1 Å². The van der Waals surface area contributed by atoms with Crippen LogP contribution in [0.1, 0.15) is 5.56 Å². The maximum atomic E-state index is 12.3. The molecule has 0 aromatic carbocycles. The van der Waals surface area contributed by atoms with Gasteiger partial charge in [0.2, 0.25) is 10.0 Å². The first-order chi connectivity index (χ1) is 9.80. The van der Waals surface area contributed by atoms with Gasteiger partial charge in [-0.25, -0.2) is 8.42 Å². The summed E-state index contributed by atoms with van der Waals surface area (Å²) in [5.41, 5.74) is 0.854. The molecule has 0 atom stereocenters. The van der Waals surface area contributed by atoms with E-state index in [4.69, 9.17) is 0 Å². The lowest BCUT2D eigenvalue weighted by atomic mass is 10.3. The molecule has 2 rings (SSSR count). The van der Waals surface area contributed by atoms with Gasteiger partial charge in [0.25, 0.3) is 0 Å². The van der Waals surface area contributed by atoms with Crippen LogP contribution in [0.25, 0.3) is 0 Å². The van der Waals surface area contributed by atoms with Crippen LogP contribution in [0.5, 0.6) is 0 Å². The van der Waals surface area contributed by atoms with Gasteiger partial charge in [-0.15, -0.1) is 11.3 Å². The number of pyridine rings is 1. The molecule has 2 heterocycles. The first kappa shape index (κ1) is 16.0. The molecule has 0 spiro atoms. The van der Waals surface area contributed by atoms with E-state index in [-0.39, 0.29) is 11.4 Å². The molecule has 0 saturated heterocycles. The summed E-state index contributed by atoms with van der Waals surface area (Å²) >= 11 is 4.78. The minimum Gasteiger partial charge on any atom is -0.358 e. The van der Waals surface area contributed by atoms with Gasteiger partial charge in [-0.3, -0.25) is 0 Å². The number of halogens is 1. The van der Waals surface area contributed by atoms with Crippen LogP contribution in [0.4, 0.5) is 5.82 Å². The van der Waals surface area contributed by atoms with Crippen LogP contribution < -0.4 is 0 Å². The molecular formula is C11H10BrN3O4S2. The van der Waals surface area contributed by atoms with Gasteiger partial charge in [-0.05, 0) is 48.9 Å². The van der Waals surface area contributed by atoms with Gasteiger partial charge < -0.3 is 10.1 Å². The van der Waals surface area contributed by atoms with Gasteiger partial charge in [0.05, 0.1) is 3.79 Å². The largest absolute Gasteiger partial charge is 0.363 e. The first-order valence-corrected chi connectivity index (χ1v) is 8.71. The van der Waals surface area contributed by atoms with Gasteiger partial charge >= 0.3 is 5.82 Å². The summed E-state index contributed by atoms with van der Waals surface area (Å²) in [6.45, 7) is 0.210. The second kappa shape index (κ2) is 6.18. The van der Waals surface area contributed by atoms with Crippen molar-refractivity contribution >= 4 is 43.1 Å². The molecule has 0 aliphatic heterocycles. The van der Waals surface area contributed by atoms with Crippen LogP contribution >= 0.6 is 27.3 Å². The maximum Gasteiger partial charge on any atom is 0.363 e. The van der Waals surface area contributed by atoms with E-state index in [2.05, 4.69) is 20.9 Å². The van der Waals surface area contributed by atoms with E-state index in [1.54, 1.807) is 0 Å². The van der Waals surface area contributed by atoms with Crippen LogP contribution in [-0.4, -0.2) is 29.7 Å². The molecule has 112 valence electrons. The van der Waals surface area contributed by atoms with E-state index in [0.29, 0.717) is 0 Å². The molecular weight excluding hydrogens is 382 g/mol. The van der Waals surface area contributed by atoms with Crippen LogP contribution in [-0.2, 0) is 16.6 Å². The van der Waals surface area contributed by atoms with Crippen molar-refractivity contribution in [2.24, 2.45) is 0 Å². The number of nitrogens with zero attached hydrogens (tertiary/aromatic N) is 3. The van der Waals surface area contributed by atoms with E-state index in [1.807, 2.05) is 11.4 Å². The van der Waals surface area contributed by atoms with Crippen LogP contribution in [0.2, 0.25) is 0 Å². The monoisotopic (exact) mass is 391 g/mol. The molecule has 10 heteroatoms. The van der Waals surface area contributed by atoms with E-state index >= 15 is 0 Å². The lowest BCUT2D eigenvalue weighted by Gasteiger charge is -2.15. The minimum atomic E-state index is -3.73. The van der Waals surface area contributed by atoms with Crippen molar-refractivity contribution in [1.82, 2.24) is 9.29 Å². The molecule has 0 radical (unpaired) electrons. The molecule has 0 bridgehead atoms. The number of thiophene rings is 1. The second-order valence-corrected chi connectivity index (χ2v) is 8.46. The Kier molecular flexibility index (Phi) is 4.71. The highest BCUT2D eigenvalue weighted by Gasteiger charge is 2.23. The first-order valence-electron chi connectivity index (χ1n) is 5.60. The lowest BCUT2D eigenvalue weighted by molar-refractivity contribution is -0.389. The number of hydrogen-bond donors (Lipinski definition) is 0. The average Bonchev–Trinajstić information content (AvgIpc) is 2.84. The number of aromatic nitrogens is 1. The molecule has 0 N–H and O–H groups in total. The Labute approximate surface area is 133 Å². The fraction of sp³-hybridized carbons (Fsp3) is 0.182. The summed E-state index contributed by atoms with van der Waals surface area (Å²) in [4.78, 5) is 13.3. The summed E-state index contributed by atoms with van der Waals surface area (Å²) in [5, 5.41) is 12.4. The zero-order valence-electron chi connectivity index (χ0n) is 10.8. The highest BCUT2D eigenvalue weighted by atomic mass is 79.9. The lowest BCUT2D eigenvalue weighted by Crippen LogP contribution is -2.26. The fourth-order valence-electron chi connectivity index (χ4n) is 1.58. The van der Waals surface area contributed by atoms with Crippen LogP contribution in [0.15, 0.2) is 38.5 Å². The standard InChI is InChI=1S/C11H10BrN3O4S2/c1-14(6-8-4-10(12)20-7-8)21(18,19)9-2-3-11(13-5-9)15(16)17/h2-5,7H,6H2,1H3. The highest BCUT2D eigenvalue weighted by molar-refractivity contribution is 9.11. The maximum absolute atomic E-state index is 12.3. The van der Waals surface area contributed by atoms with E-state index < -0.39 is 20.8 Å². The summed E-state index contributed by atoms with van der Waals surface area (Å²) in [7, 11) is -2.29. The van der Waals surface area contributed by atoms with Crippen LogP contribution in [0.3, 0.4) is 0 Å². The van der Waals surface area contributed by atoms with E-state index in [0.717, 1.165) is 21.6 Å². The Balaban J connectivity index is 2.22. The predicted octanol–water partition coefficient (Wildman–Crippen LogP) is 2.63. The molecule has 21 heavy (non-hydrogen) atoms. The summed E-state index contributed by atoms with van der Waals surface area (Å²) < 4.78 is 26.8. The van der Waals surface area contributed by atoms with Crippen molar-refractivity contribution in [2.45, 2.75) is 11.4 Å². The predicted molar refractivity (Wildman–Crippen MR) is 81.6 cm³/mol. The highest BCUT2D eigenvalue weighted by Crippen LogP contribution is 2.23. The molecule has 0 saturated carbocycles. The number of hydrogen-bond acceptors (Lipinski definition) is 6. The molecule has 0 amide bonds. The average molecular weight is 392 g/mol. The van der Waals surface area contributed by atoms with E-state index in [9.17, 15) is 18.5 Å². The third-order valence-corrected chi connectivity index (χ3v) is 5.98. The molecule has 7 nitrogen and oxygen atoms in total. The van der Waals surface area contributed by atoms with Crippen molar-refractivity contribution in [3.8, 4) is 0 Å². The molecule has 2 aromatic rings. The van der Waals surface area contributed by atoms with Crippen molar-refractivity contribution < 1.29 is 13.3 Å². The zero-order valence-corrected chi connectivity index (χ0v) is 14.0. The Morgan fingerprint density at radius 3 is 2.67 bits per heavy atom. The molecule has 0 aliphatic carbocycles. The quantitative estimate of drug-likeness (QED) is 0.576. The number of rotatable bonds is 5.